The van der Waals surface area contributed by atoms with E-state index >= 15 is 0 Å². The van der Waals surface area contributed by atoms with Crippen molar-refractivity contribution in [3.05, 3.63) is 70.0 Å². The number of anilines is 1. The van der Waals surface area contributed by atoms with Gasteiger partial charge in [-0.2, -0.15) is 0 Å². The van der Waals surface area contributed by atoms with Crippen LogP contribution in [-0.4, -0.2) is 37.5 Å². The Bertz CT molecular complexity index is 1440. The summed E-state index contributed by atoms with van der Waals surface area (Å²) in [6.45, 7) is 1.60. The third kappa shape index (κ3) is 4.32. The molecule has 1 aliphatic rings. The third-order valence-electron chi connectivity index (χ3n) is 5.54. The van der Waals surface area contributed by atoms with Gasteiger partial charge in [0.25, 0.3) is 5.91 Å². The number of fused-ring (bicyclic) bond motifs is 1. The van der Waals surface area contributed by atoms with Crippen LogP contribution in [0.4, 0.5) is 5.69 Å². The molecule has 0 aliphatic carbocycles. The van der Waals surface area contributed by atoms with Gasteiger partial charge in [0.15, 0.2) is 0 Å². The van der Waals surface area contributed by atoms with E-state index < -0.39 is 15.8 Å². The Morgan fingerprint density at radius 1 is 1.18 bits per heavy atom. The molecule has 0 atom stereocenters. The zero-order valence-electron chi connectivity index (χ0n) is 18.3. The molecule has 0 saturated heterocycles. The summed E-state index contributed by atoms with van der Waals surface area (Å²) in [5.41, 5.74) is 2.50. The van der Waals surface area contributed by atoms with E-state index in [9.17, 15) is 23.1 Å². The molecule has 1 amide bonds. The molecular formula is C24H21ClN2O6S. The Kier molecular flexibility index (Phi) is 6.24. The summed E-state index contributed by atoms with van der Waals surface area (Å²) in [5.74, 6) is -0.872. The molecule has 2 heterocycles. The average molecular weight is 501 g/mol. The van der Waals surface area contributed by atoms with Crippen molar-refractivity contribution in [2.45, 2.75) is 29.6 Å². The first-order valence-corrected chi connectivity index (χ1v) is 12.1. The van der Waals surface area contributed by atoms with E-state index in [1.807, 2.05) is 0 Å². The smallest absolute Gasteiger partial charge is 0.303 e. The minimum Gasteiger partial charge on any atom is -0.497 e. The van der Waals surface area contributed by atoms with Crippen molar-refractivity contribution in [2.24, 2.45) is 0 Å². The Morgan fingerprint density at radius 2 is 1.88 bits per heavy atom. The number of hydrogen-bond donors (Lipinski definition) is 3. The average Bonchev–Trinajstić information content (AvgIpc) is 3.28. The summed E-state index contributed by atoms with van der Waals surface area (Å²) >= 11 is 5.91. The van der Waals surface area contributed by atoms with E-state index in [4.69, 9.17) is 16.3 Å². The van der Waals surface area contributed by atoms with E-state index in [2.05, 4.69) is 10.3 Å². The predicted octanol–water partition coefficient (Wildman–Crippen LogP) is 4.33. The SMILES string of the molecule is COc1ccc2c(c1)/C(=C/c1[nH]c(C)c(S(=O)(=O)c3ccc(Cl)cc3)c1CCC(=O)O)C(=O)N2. The predicted molar refractivity (Wildman–Crippen MR) is 128 cm³/mol. The number of aliphatic carboxylic acids is 1. The number of carbonyl (C=O) groups is 2. The van der Waals surface area contributed by atoms with Gasteiger partial charge in [0.05, 0.1) is 22.5 Å². The van der Waals surface area contributed by atoms with Crippen LogP contribution >= 0.6 is 11.6 Å². The van der Waals surface area contributed by atoms with Crippen LogP contribution in [0.5, 0.6) is 5.75 Å². The number of methoxy groups -OCH3 is 1. The van der Waals surface area contributed by atoms with Crippen molar-refractivity contribution in [3.63, 3.8) is 0 Å². The molecule has 1 aromatic heterocycles. The number of aryl methyl sites for hydroxylation is 1. The van der Waals surface area contributed by atoms with Gasteiger partial charge in [-0.25, -0.2) is 8.42 Å². The number of carboxylic acid groups (broad SMARTS) is 1. The molecule has 2 aromatic carbocycles. The van der Waals surface area contributed by atoms with Gasteiger partial charge in [0.1, 0.15) is 5.75 Å². The van der Waals surface area contributed by atoms with E-state index in [0.717, 1.165) is 0 Å². The number of hydrogen-bond acceptors (Lipinski definition) is 5. The minimum atomic E-state index is -4.00. The molecule has 0 bridgehead atoms. The first-order chi connectivity index (χ1) is 16.1. The number of halogens is 1. The van der Waals surface area contributed by atoms with Gasteiger partial charge in [0, 0.05) is 34.1 Å². The number of H-pyrrole nitrogens is 1. The first kappa shape index (κ1) is 23.6. The molecule has 4 rings (SSSR count). The molecule has 3 aromatic rings. The van der Waals surface area contributed by atoms with Gasteiger partial charge in [-0.3, -0.25) is 9.59 Å². The topological polar surface area (TPSA) is 126 Å². The number of aromatic amines is 1. The maximum Gasteiger partial charge on any atom is 0.303 e. The number of nitrogens with one attached hydrogen (secondary N) is 2. The van der Waals surface area contributed by atoms with Crippen LogP contribution in [-0.2, 0) is 25.8 Å². The number of carboxylic acids is 1. The molecule has 0 fully saturated rings. The van der Waals surface area contributed by atoms with Crippen LogP contribution in [0.3, 0.4) is 0 Å². The van der Waals surface area contributed by atoms with Gasteiger partial charge in [-0.15, -0.1) is 0 Å². The molecule has 34 heavy (non-hydrogen) atoms. The third-order valence-corrected chi connectivity index (χ3v) is 7.78. The second-order valence-corrected chi connectivity index (χ2v) is 10.1. The van der Waals surface area contributed by atoms with E-state index in [1.165, 1.54) is 31.4 Å². The number of carbonyl (C=O) groups excluding carboxylic acids is 1. The van der Waals surface area contributed by atoms with Crippen LogP contribution in [0.25, 0.3) is 11.6 Å². The summed E-state index contributed by atoms with van der Waals surface area (Å²) < 4.78 is 32.3. The van der Waals surface area contributed by atoms with E-state index in [1.54, 1.807) is 31.2 Å². The second-order valence-electron chi connectivity index (χ2n) is 7.75. The molecule has 3 N–H and O–H groups in total. The molecule has 0 spiro atoms. The largest absolute Gasteiger partial charge is 0.497 e. The lowest BCUT2D eigenvalue weighted by Crippen LogP contribution is -2.08. The first-order valence-electron chi connectivity index (χ1n) is 10.3. The summed E-state index contributed by atoms with van der Waals surface area (Å²) in [6.07, 6.45) is 1.21. The highest BCUT2D eigenvalue weighted by molar-refractivity contribution is 7.91. The van der Waals surface area contributed by atoms with E-state index in [0.29, 0.717) is 44.5 Å². The highest BCUT2D eigenvalue weighted by atomic mass is 35.5. The summed E-state index contributed by atoms with van der Waals surface area (Å²) in [5, 5.41) is 12.4. The van der Waals surface area contributed by atoms with Gasteiger partial charge in [-0.1, -0.05) is 11.6 Å². The van der Waals surface area contributed by atoms with Crippen molar-refractivity contribution in [1.29, 1.82) is 0 Å². The maximum absolute atomic E-state index is 13.5. The zero-order chi connectivity index (χ0) is 24.6. The number of sulfone groups is 1. The molecule has 0 saturated carbocycles. The molecule has 10 heteroatoms. The summed E-state index contributed by atoms with van der Waals surface area (Å²) in [6, 6.07) is 10.9. The van der Waals surface area contributed by atoms with Crippen LogP contribution in [0.2, 0.25) is 5.02 Å². The van der Waals surface area contributed by atoms with Crippen molar-refractivity contribution in [3.8, 4) is 5.75 Å². The van der Waals surface area contributed by atoms with Crippen molar-refractivity contribution >= 4 is 50.7 Å². The molecule has 1 aliphatic heterocycles. The van der Waals surface area contributed by atoms with E-state index in [-0.39, 0.29) is 28.5 Å². The van der Waals surface area contributed by atoms with Crippen LogP contribution in [0.1, 0.15) is 28.9 Å². The zero-order valence-corrected chi connectivity index (χ0v) is 19.9. The quantitative estimate of drug-likeness (QED) is 0.415. The number of rotatable bonds is 7. The Hall–Kier alpha value is -3.56. The fourth-order valence-electron chi connectivity index (χ4n) is 3.96. The highest BCUT2D eigenvalue weighted by Crippen LogP contribution is 2.38. The molecule has 8 nitrogen and oxygen atoms in total. The van der Waals surface area contributed by atoms with Crippen molar-refractivity contribution in [2.75, 3.05) is 12.4 Å². The number of ether oxygens (including phenoxy) is 1. The van der Waals surface area contributed by atoms with Gasteiger partial charge in [0.2, 0.25) is 9.84 Å². The Balaban J connectivity index is 1.89. The summed E-state index contributed by atoms with van der Waals surface area (Å²) in [4.78, 5) is 27.1. The Morgan fingerprint density at radius 3 is 2.53 bits per heavy atom. The fourth-order valence-corrected chi connectivity index (χ4v) is 5.81. The standard InChI is InChI=1S/C24H21ClN2O6S/c1-13-23(34(31,32)16-6-3-14(25)4-7-16)17(8-10-22(28)29)21(26-13)12-19-18-11-15(33-2)5-9-20(18)27-24(19)30/h3-7,9,11-12,26H,8,10H2,1-2H3,(H,27,30)(H,28,29)/b19-12-. The number of aromatic nitrogens is 1. The molecule has 0 radical (unpaired) electrons. The maximum atomic E-state index is 13.5. The number of amides is 1. The van der Waals surface area contributed by atoms with Crippen molar-refractivity contribution < 1.29 is 27.9 Å². The van der Waals surface area contributed by atoms with Crippen LogP contribution in [0.15, 0.2) is 52.3 Å². The molecule has 0 unspecified atom stereocenters. The van der Waals surface area contributed by atoms with Crippen LogP contribution in [0, 0.1) is 6.92 Å². The van der Waals surface area contributed by atoms with Crippen LogP contribution < -0.4 is 10.1 Å². The monoisotopic (exact) mass is 500 g/mol. The van der Waals surface area contributed by atoms with Gasteiger partial charge >= 0.3 is 5.97 Å². The van der Waals surface area contributed by atoms with Gasteiger partial charge < -0.3 is 20.1 Å². The second kappa shape index (κ2) is 9.00. The Labute approximate surface area is 201 Å². The lowest BCUT2D eigenvalue weighted by Gasteiger charge is -2.08. The van der Waals surface area contributed by atoms with Gasteiger partial charge in [-0.05, 0) is 67.4 Å². The number of benzene rings is 2. The minimum absolute atomic E-state index is 0.00723. The summed E-state index contributed by atoms with van der Waals surface area (Å²) in [7, 11) is -2.48. The molecule has 176 valence electrons. The lowest BCUT2D eigenvalue weighted by molar-refractivity contribution is -0.137. The fraction of sp³-hybridized carbons (Fsp3) is 0.167. The normalized spacial score (nSPS) is 14.2. The van der Waals surface area contributed by atoms with Crippen molar-refractivity contribution in [1.82, 2.24) is 4.98 Å². The highest BCUT2D eigenvalue weighted by Gasteiger charge is 2.30. The lowest BCUT2D eigenvalue weighted by atomic mass is 10.0. The molecular weight excluding hydrogens is 480 g/mol.